The van der Waals surface area contributed by atoms with Gasteiger partial charge in [0.25, 0.3) is 0 Å². The molecule has 1 aromatic rings. The van der Waals surface area contributed by atoms with E-state index in [1.165, 1.54) is 25.7 Å². The number of fused-ring (bicyclic) bond motifs is 1. The first-order chi connectivity index (χ1) is 8.99. The van der Waals surface area contributed by atoms with Crippen molar-refractivity contribution in [2.45, 2.75) is 51.0 Å². The molecule has 0 saturated heterocycles. The van der Waals surface area contributed by atoms with Gasteiger partial charge in [-0.1, -0.05) is 26.7 Å². The Morgan fingerprint density at radius 1 is 1.37 bits per heavy atom. The standard InChI is InChI=1S/C15H20N2O2/c1-15(2)9-17(10-5-3-4-6-10)12-8-7-11(14(18)19)16-13(12)15/h7-8,10H,3-6,9H2,1-2H3,(H,18,19). The third-order valence-corrected chi connectivity index (χ3v) is 4.37. The second-order valence-electron chi connectivity index (χ2n) is 6.32. The van der Waals surface area contributed by atoms with Crippen LogP contribution in [0.25, 0.3) is 0 Å². The monoisotopic (exact) mass is 260 g/mol. The van der Waals surface area contributed by atoms with Crippen molar-refractivity contribution in [2.24, 2.45) is 0 Å². The number of aromatic nitrogens is 1. The number of aromatic carboxylic acids is 1. The molecule has 0 radical (unpaired) electrons. The van der Waals surface area contributed by atoms with Gasteiger partial charge < -0.3 is 10.0 Å². The van der Waals surface area contributed by atoms with Gasteiger partial charge in [0.05, 0.1) is 11.4 Å². The highest BCUT2D eigenvalue weighted by Crippen LogP contribution is 2.42. The summed E-state index contributed by atoms with van der Waals surface area (Å²) >= 11 is 0. The van der Waals surface area contributed by atoms with Gasteiger partial charge in [0.1, 0.15) is 5.69 Å². The Labute approximate surface area is 113 Å². The fourth-order valence-electron chi connectivity index (χ4n) is 3.43. The van der Waals surface area contributed by atoms with Crippen molar-refractivity contribution >= 4 is 11.7 Å². The van der Waals surface area contributed by atoms with E-state index < -0.39 is 5.97 Å². The van der Waals surface area contributed by atoms with Crippen LogP contribution in [0.5, 0.6) is 0 Å². The van der Waals surface area contributed by atoms with E-state index in [1.54, 1.807) is 6.07 Å². The molecule has 2 aliphatic rings. The molecule has 4 heteroatoms. The molecule has 0 spiro atoms. The lowest BCUT2D eigenvalue weighted by Crippen LogP contribution is -2.35. The molecule has 1 aliphatic heterocycles. The molecule has 19 heavy (non-hydrogen) atoms. The summed E-state index contributed by atoms with van der Waals surface area (Å²) in [4.78, 5) is 17.9. The molecule has 2 heterocycles. The Hall–Kier alpha value is -1.58. The van der Waals surface area contributed by atoms with E-state index in [0.717, 1.165) is 17.9 Å². The highest BCUT2D eigenvalue weighted by Gasteiger charge is 2.40. The fourth-order valence-corrected chi connectivity index (χ4v) is 3.43. The summed E-state index contributed by atoms with van der Waals surface area (Å²) in [5, 5.41) is 9.09. The molecule has 1 aliphatic carbocycles. The normalized spacial score (nSPS) is 21.7. The van der Waals surface area contributed by atoms with Crippen LogP contribution in [0.15, 0.2) is 12.1 Å². The lowest BCUT2D eigenvalue weighted by Gasteiger charge is -2.28. The molecule has 1 saturated carbocycles. The van der Waals surface area contributed by atoms with Gasteiger partial charge in [-0.15, -0.1) is 0 Å². The van der Waals surface area contributed by atoms with Gasteiger partial charge in [-0.3, -0.25) is 0 Å². The summed E-state index contributed by atoms with van der Waals surface area (Å²) in [6, 6.07) is 4.18. The molecule has 0 atom stereocenters. The Balaban J connectivity index is 2.02. The van der Waals surface area contributed by atoms with Gasteiger partial charge in [-0.25, -0.2) is 9.78 Å². The van der Waals surface area contributed by atoms with Crippen LogP contribution < -0.4 is 4.90 Å². The second kappa shape index (κ2) is 4.22. The molecule has 0 bridgehead atoms. The van der Waals surface area contributed by atoms with Gasteiger partial charge in [0.2, 0.25) is 0 Å². The zero-order valence-corrected chi connectivity index (χ0v) is 11.5. The first-order valence-electron chi connectivity index (χ1n) is 7.00. The molecule has 3 rings (SSSR count). The Morgan fingerprint density at radius 2 is 2.05 bits per heavy atom. The molecule has 1 aromatic heterocycles. The predicted octanol–water partition coefficient (Wildman–Crippen LogP) is 2.82. The van der Waals surface area contributed by atoms with Crippen molar-refractivity contribution in [3.63, 3.8) is 0 Å². The molecule has 0 aromatic carbocycles. The van der Waals surface area contributed by atoms with E-state index in [1.807, 2.05) is 6.07 Å². The van der Waals surface area contributed by atoms with Crippen LogP contribution in [-0.4, -0.2) is 28.6 Å². The Bertz CT molecular complexity index is 519. The van der Waals surface area contributed by atoms with Crippen molar-refractivity contribution in [3.05, 3.63) is 23.5 Å². The van der Waals surface area contributed by atoms with Gasteiger partial charge in [-0.05, 0) is 25.0 Å². The summed E-state index contributed by atoms with van der Waals surface area (Å²) < 4.78 is 0. The van der Waals surface area contributed by atoms with E-state index in [2.05, 4.69) is 23.7 Å². The largest absolute Gasteiger partial charge is 0.477 e. The quantitative estimate of drug-likeness (QED) is 0.888. The maximum atomic E-state index is 11.1. The lowest BCUT2D eigenvalue weighted by atomic mass is 9.91. The number of anilines is 1. The maximum absolute atomic E-state index is 11.1. The second-order valence-corrected chi connectivity index (χ2v) is 6.32. The van der Waals surface area contributed by atoms with Crippen LogP contribution in [0, 0.1) is 0 Å². The molecular formula is C15H20N2O2. The third kappa shape index (κ3) is 1.99. The van der Waals surface area contributed by atoms with Crippen molar-refractivity contribution in [1.29, 1.82) is 0 Å². The maximum Gasteiger partial charge on any atom is 0.354 e. The number of rotatable bonds is 2. The minimum absolute atomic E-state index is 0.0661. The summed E-state index contributed by atoms with van der Waals surface area (Å²) in [5.74, 6) is -0.946. The number of hydrogen-bond acceptors (Lipinski definition) is 3. The molecule has 1 fully saturated rings. The van der Waals surface area contributed by atoms with Crippen molar-refractivity contribution in [2.75, 3.05) is 11.4 Å². The summed E-state index contributed by atoms with van der Waals surface area (Å²) in [6.07, 6.45) is 5.10. The average molecular weight is 260 g/mol. The van der Waals surface area contributed by atoms with Crippen molar-refractivity contribution in [3.8, 4) is 0 Å². The number of pyridine rings is 1. The molecule has 102 valence electrons. The van der Waals surface area contributed by atoms with Gasteiger partial charge in [0.15, 0.2) is 0 Å². The van der Waals surface area contributed by atoms with Crippen molar-refractivity contribution < 1.29 is 9.90 Å². The van der Waals surface area contributed by atoms with Crippen LogP contribution >= 0.6 is 0 Å². The van der Waals surface area contributed by atoms with E-state index in [9.17, 15) is 4.79 Å². The highest BCUT2D eigenvalue weighted by atomic mass is 16.4. The Kier molecular flexibility index (Phi) is 2.77. The summed E-state index contributed by atoms with van der Waals surface area (Å²) in [7, 11) is 0. The minimum Gasteiger partial charge on any atom is -0.477 e. The number of hydrogen-bond donors (Lipinski definition) is 1. The number of nitrogens with zero attached hydrogens (tertiary/aromatic N) is 2. The van der Waals surface area contributed by atoms with E-state index in [-0.39, 0.29) is 11.1 Å². The van der Waals surface area contributed by atoms with Crippen LogP contribution in [0.3, 0.4) is 0 Å². The summed E-state index contributed by atoms with van der Waals surface area (Å²) in [6.45, 7) is 5.25. The van der Waals surface area contributed by atoms with Gasteiger partial charge in [-0.2, -0.15) is 0 Å². The smallest absolute Gasteiger partial charge is 0.354 e. The molecule has 1 N–H and O–H groups in total. The number of carboxylic acids is 1. The number of carbonyl (C=O) groups is 1. The van der Waals surface area contributed by atoms with Crippen LogP contribution in [0.4, 0.5) is 5.69 Å². The zero-order chi connectivity index (χ0) is 13.6. The van der Waals surface area contributed by atoms with E-state index in [0.29, 0.717) is 6.04 Å². The SMILES string of the molecule is CC1(C)CN(C2CCCC2)c2ccc(C(=O)O)nc21. The van der Waals surface area contributed by atoms with E-state index >= 15 is 0 Å². The first kappa shape index (κ1) is 12.5. The highest BCUT2D eigenvalue weighted by molar-refractivity contribution is 5.86. The minimum atomic E-state index is -0.946. The zero-order valence-electron chi connectivity index (χ0n) is 11.5. The first-order valence-corrected chi connectivity index (χ1v) is 7.00. The van der Waals surface area contributed by atoms with Gasteiger partial charge in [0, 0.05) is 18.0 Å². The summed E-state index contributed by atoms with van der Waals surface area (Å²) in [5.41, 5.74) is 2.17. The van der Waals surface area contributed by atoms with Crippen LogP contribution in [0.1, 0.15) is 55.7 Å². The van der Waals surface area contributed by atoms with Crippen LogP contribution in [0.2, 0.25) is 0 Å². The number of carboxylic acid groups (broad SMARTS) is 1. The van der Waals surface area contributed by atoms with E-state index in [4.69, 9.17) is 5.11 Å². The third-order valence-electron chi connectivity index (χ3n) is 4.37. The lowest BCUT2D eigenvalue weighted by molar-refractivity contribution is 0.0690. The molecular weight excluding hydrogens is 240 g/mol. The molecule has 0 unspecified atom stereocenters. The molecule has 0 amide bonds. The van der Waals surface area contributed by atoms with Gasteiger partial charge >= 0.3 is 5.97 Å². The Morgan fingerprint density at radius 3 is 2.68 bits per heavy atom. The average Bonchev–Trinajstić information content (AvgIpc) is 2.96. The topological polar surface area (TPSA) is 53.4 Å². The fraction of sp³-hybridized carbons (Fsp3) is 0.600. The van der Waals surface area contributed by atoms with Crippen molar-refractivity contribution in [1.82, 2.24) is 4.98 Å². The predicted molar refractivity (Wildman–Crippen MR) is 73.8 cm³/mol. The molecule has 4 nitrogen and oxygen atoms in total. The van der Waals surface area contributed by atoms with Crippen LogP contribution in [-0.2, 0) is 5.41 Å².